The molecule has 7 heteroatoms. The molecule has 1 aromatic rings. The quantitative estimate of drug-likeness (QED) is 0.631. The molecule has 0 aliphatic rings. The summed E-state index contributed by atoms with van der Waals surface area (Å²) >= 11 is 0. The number of methoxy groups -OCH3 is 1. The van der Waals surface area contributed by atoms with Crippen LogP contribution in [0.1, 0.15) is 10.5 Å². The van der Waals surface area contributed by atoms with Crippen LogP contribution < -0.4 is 10.6 Å². The predicted molar refractivity (Wildman–Crippen MR) is 66.6 cm³/mol. The SMILES string of the molecule is CNc1ccc(C(=O)NCCOCCOC)nn1. The van der Waals surface area contributed by atoms with Gasteiger partial charge in [-0.05, 0) is 12.1 Å². The van der Waals surface area contributed by atoms with Gasteiger partial charge in [0.1, 0.15) is 5.82 Å². The van der Waals surface area contributed by atoms with Crippen LogP contribution in [0.15, 0.2) is 12.1 Å². The summed E-state index contributed by atoms with van der Waals surface area (Å²) < 4.78 is 10.0. The average molecular weight is 254 g/mol. The standard InChI is InChI=1S/C11H18N4O3/c1-12-10-4-3-9(14-15-10)11(16)13-5-6-18-8-7-17-2/h3-4H,5-8H2,1-2H3,(H,12,15)(H,13,16). The maximum Gasteiger partial charge on any atom is 0.271 e. The number of anilines is 1. The van der Waals surface area contributed by atoms with E-state index >= 15 is 0 Å². The number of ether oxygens (including phenoxy) is 2. The fraction of sp³-hybridized carbons (Fsp3) is 0.545. The molecule has 0 aliphatic heterocycles. The van der Waals surface area contributed by atoms with E-state index in [9.17, 15) is 4.79 Å². The highest BCUT2D eigenvalue weighted by Crippen LogP contribution is 1.99. The molecule has 1 aromatic heterocycles. The molecule has 18 heavy (non-hydrogen) atoms. The molecular weight excluding hydrogens is 236 g/mol. The highest BCUT2D eigenvalue weighted by atomic mass is 16.5. The number of nitrogens with one attached hydrogen (secondary N) is 2. The summed E-state index contributed by atoms with van der Waals surface area (Å²) in [6, 6.07) is 3.30. The first-order chi connectivity index (χ1) is 8.77. The second-order valence-corrected chi connectivity index (χ2v) is 3.41. The molecule has 7 nitrogen and oxygen atoms in total. The number of rotatable bonds is 8. The van der Waals surface area contributed by atoms with Gasteiger partial charge in [0, 0.05) is 20.7 Å². The molecule has 1 rings (SSSR count). The zero-order valence-electron chi connectivity index (χ0n) is 10.6. The van der Waals surface area contributed by atoms with Crippen molar-refractivity contribution in [2.45, 2.75) is 0 Å². The first kappa shape index (κ1) is 14.3. The Morgan fingerprint density at radius 3 is 2.72 bits per heavy atom. The van der Waals surface area contributed by atoms with Gasteiger partial charge in [-0.3, -0.25) is 4.79 Å². The Balaban J connectivity index is 2.23. The minimum absolute atomic E-state index is 0.263. The molecule has 0 bridgehead atoms. The molecule has 1 amide bonds. The predicted octanol–water partition coefficient (Wildman–Crippen LogP) is -0.0889. The van der Waals surface area contributed by atoms with Crippen LogP contribution in [-0.2, 0) is 9.47 Å². The number of carbonyl (C=O) groups excluding carboxylic acids is 1. The van der Waals surface area contributed by atoms with E-state index in [2.05, 4.69) is 20.8 Å². The summed E-state index contributed by atoms with van der Waals surface area (Å²) in [6.45, 7) is 1.93. The fourth-order valence-corrected chi connectivity index (χ4v) is 1.16. The van der Waals surface area contributed by atoms with Gasteiger partial charge in [-0.2, -0.15) is 0 Å². The lowest BCUT2D eigenvalue weighted by Crippen LogP contribution is -2.28. The lowest BCUT2D eigenvalue weighted by molar-refractivity contribution is 0.0691. The maximum absolute atomic E-state index is 11.6. The zero-order chi connectivity index (χ0) is 13.2. The molecule has 100 valence electrons. The van der Waals surface area contributed by atoms with Crippen LogP contribution in [0.4, 0.5) is 5.82 Å². The molecule has 0 atom stereocenters. The van der Waals surface area contributed by atoms with E-state index in [4.69, 9.17) is 9.47 Å². The molecular formula is C11H18N4O3. The molecule has 1 heterocycles. The Labute approximate surface area is 106 Å². The third-order valence-electron chi connectivity index (χ3n) is 2.12. The summed E-state index contributed by atoms with van der Waals surface area (Å²) in [5.41, 5.74) is 0.283. The fourth-order valence-electron chi connectivity index (χ4n) is 1.16. The van der Waals surface area contributed by atoms with Gasteiger partial charge in [-0.25, -0.2) is 0 Å². The van der Waals surface area contributed by atoms with E-state index in [0.717, 1.165) is 0 Å². The van der Waals surface area contributed by atoms with Crippen LogP contribution in [0.2, 0.25) is 0 Å². The molecule has 0 aliphatic carbocycles. The van der Waals surface area contributed by atoms with Crippen LogP contribution >= 0.6 is 0 Å². The van der Waals surface area contributed by atoms with Gasteiger partial charge in [0.2, 0.25) is 0 Å². The Morgan fingerprint density at radius 2 is 2.11 bits per heavy atom. The largest absolute Gasteiger partial charge is 0.382 e. The molecule has 0 unspecified atom stereocenters. The van der Waals surface area contributed by atoms with E-state index < -0.39 is 0 Å². The van der Waals surface area contributed by atoms with E-state index in [-0.39, 0.29) is 11.6 Å². The molecule has 0 fully saturated rings. The van der Waals surface area contributed by atoms with Gasteiger partial charge in [-0.1, -0.05) is 0 Å². The van der Waals surface area contributed by atoms with E-state index in [1.165, 1.54) is 0 Å². The number of carbonyl (C=O) groups is 1. The Bertz CT molecular complexity index is 356. The Morgan fingerprint density at radius 1 is 1.28 bits per heavy atom. The molecule has 0 spiro atoms. The molecule has 0 aromatic carbocycles. The third-order valence-corrected chi connectivity index (χ3v) is 2.12. The summed E-state index contributed by atoms with van der Waals surface area (Å²) in [6.07, 6.45) is 0. The molecule has 2 N–H and O–H groups in total. The highest BCUT2D eigenvalue weighted by Gasteiger charge is 2.06. The Kier molecular flexibility index (Phi) is 6.67. The van der Waals surface area contributed by atoms with Crippen molar-refractivity contribution in [2.24, 2.45) is 0 Å². The summed E-state index contributed by atoms with van der Waals surface area (Å²) in [7, 11) is 3.35. The lowest BCUT2D eigenvalue weighted by Gasteiger charge is -2.05. The van der Waals surface area contributed by atoms with E-state index in [1.807, 2.05) is 0 Å². The summed E-state index contributed by atoms with van der Waals surface area (Å²) in [5, 5.41) is 13.1. The Hall–Kier alpha value is -1.73. The number of nitrogens with zero attached hydrogens (tertiary/aromatic N) is 2. The number of amides is 1. The van der Waals surface area contributed by atoms with Crippen molar-refractivity contribution in [1.82, 2.24) is 15.5 Å². The minimum Gasteiger partial charge on any atom is -0.382 e. The number of hydrogen-bond acceptors (Lipinski definition) is 6. The second-order valence-electron chi connectivity index (χ2n) is 3.41. The van der Waals surface area contributed by atoms with Crippen molar-refractivity contribution in [3.63, 3.8) is 0 Å². The number of hydrogen-bond donors (Lipinski definition) is 2. The van der Waals surface area contributed by atoms with E-state index in [0.29, 0.717) is 32.2 Å². The summed E-state index contributed by atoms with van der Waals surface area (Å²) in [4.78, 5) is 11.6. The van der Waals surface area contributed by atoms with Crippen molar-refractivity contribution in [3.8, 4) is 0 Å². The first-order valence-corrected chi connectivity index (χ1v) is 5.64. The molecule has 0 saturated carbocycles. The van der Waals surface area contributed by atoms with Gasteiger partial charge in [-0.15, -0.1) is 10.2 Å². The van der Waals surface area contributed by atoms with Crippen LogP contribution in [0.25, 0.3) is 0 Å². The first-order valence-electron chi connectivity index (χ1n) is 5.64. The number of aromatic nitrogens is 2. The van der Waals surface area contributed by atoms with Gasteiger partial charge < -0.3 is 20.1 Å². The maximum atomic E-state index is 11.6. The van der Waals surface area contributed by atoms with Gasteiger partial charge in [0.05, 0.1) is 19.8 Å². The van der Waals surface area contributed by atoms with Gasteiger partial charge >= 0.3 is 0 Å². The van der Waals surface area contributed by atoms with Crippen LogP contribution in [0.3, 0.4) is 0 Å². The smallest absolute Gasteiger partial charge is 0.271 e. The van der Waals surface area contributed by atoms with Crippen LogP contribution in [0.5, 0.6) is 0 Å². The van der Waals surface area contributed by atoms with Crippen molar-refractivity contribution in [3.05, 3.63) is 17.8 Å². The van der Waals surface area contributed by atoms with Crippen LogP contribution in [-0.4, -0.2) is 56.6 Å². The lowest BCUT2D eigenvalue weighted by atomic mass is 10.3. The van der Waals surface area contributed by atoms with Gasteiger partial charge in [0.25, 0.3) is 5.91 Å². The van der Waals surface area contributed by atoms with Crippen molar-refractivity contribution < 1.29 is 14.3 Å². The van der Waals surface area contributed by atoms with Crippen molar-refractivity contribution >= 4 is 11.7 Å². The monoisotopic (exact) mass is 254 g/mol. The zero-order valence-corrected chi connectivity index (χ0v) is 10.6. The molecule has 0 radical (unpaired) electrons. The second kappa shape index (κ2) is 8.37. The molecule has 0 saturated heterocycles. The average Bonchev–Trinajstić information content (AvgIpc) is 2.42. The van der Waals surface area contributed by atoms with Gasteiger partial charge in [0.15, 0.2) is 5.69 Å². The summed E-state index contributed by atoms with van der Waals surface area (Å²) in [5.74, 6) is 0.356. The normalized spacial score (nSPS) is 10.1. The van der Waals surface area contributed by atoms with Crippen LogP contribution in [0, 0.1) is 0 Å². The highest BCUT2D eigenvalue weighted by molar-refractivity contribution is 5.92. The van der Waals surface area contributed by atoms with Crippen molar-refractivity contribution in [2.75, 3.05) is 45.8 Å². The van der Waals surface area contributed by atoms with E-state index in [1.54, 1.807) is 26.3 Å². The van der Waals surface area contributed by atoms with Crippen molar-refractivity contribution in [1.29, 1.82) is 0 Å². The minimum atomic E-state index is -0.263. The topological polar surface area (TPSA) is 85.4 Å². The third kappa shape index (κ3) is 5.07.